The first-order valence-electron chi connectivity index (χ1n) is 6.40. The van der Waals surface area contributed by atoms with E-state index in [1.165, 1.54) is 37.9 Å². The van der Waals surface area contributed by atoms with E-state index in [-0.39, 0.29) is 0 Å². The number of ether oxygens (including phenoxy) is 1. The first-order valence-corrected chi connectivity index (χ1v) is 6.80. The predicted molar refractivity (Wildman–Crippen MR) is 78.0 cm³/mol. The van der Waals surface area contributed by atoms with Crippen LogP contribution in [0.1, 0.15) is 30.4 Å². The summed E-state index contributed by atoms with van der Waals surface area (Å²) in [5, 5.41) is 0. The number of likely N-dealkylation sites (tertiary alicyclic amines) is 1. The van der Waals surface area contributed by atoms with Crippen LogP contribution in [0.15, 0.2) is 18.2 Å². The fraction of sp³-hybridized carbons (Fsp3) is 0.500. The molecule has 0 aromatic heterocycles. The molecule has 0 bridgehead atoms. The molecule has 1 aromatic carbocycles. The third kappa shape index (κ3) is 3.21. The van der Waals surface area contributed by atoms with E-state index in [4.69, 9.17) is 22.7 Å². The predicted octanol–water partition coefficient (Wildman–Crippen LogP) is 2.32. The van der Waals surface area contributed by atoms with Gasteiger partial charge in [-0.1, -0.05) is 24.7 Å². The second-order valence-electron chi connectivity index (χ2n) is 4.74. The Bertz CT molecular complexity index is 428. The van der Waals surface area contributed by atoms with Crippen molar-refractivity contribution in [2.45, 2.75) is 25.8 Å². The summed E-state index contributed by atoms with van der Waals surface area (Å²) < 4.78 is 5.35. The van der Waals surface area contributed by atoms with Crippen molar-refractivity contribution in [1.29, 1.82) is 0 Å². The Morgan fingerprint density at radius 3 is 2.67 bits per heavy atom. The summed E-state index contributed by atoms with van der Waals surface area (Å²) in [5.74, 6) is 0.775. The number of rotatable bonds is 4. The van der Waals surface area contributed by atoms with Gasteiger partial charge in [-0.25, -0.2) is 0 Å². The van der Waals surface area contributed by atoms with Crippen molar-refractivity contribution >= 4 is 17.2 Å². The fourth-order valence-corrected chi connectivity index (χ4v) is 2.58. The molecule has 1 aliphatic rings. The maximum Gasteiger partial charge on any atom is 0.129 e. The molecule has 1 aromatic rings. The number of thiocarbonyl (C=S) groups is 1. The highest BCUT2D eigenvalue weighted by molar-refractivity contribution is 7.80. The van der Waals surface area contributed by atoms with Crippen LogP contribution in [0.4, 0.5) is 0 Å². The molecule has 1 heterocycles. The van der Waals surface area contributed by atoms with Crippen molar-refractivity contribution < 1.29 is 4.74 Å². The molecule has 18 heavy (non-hydrogen) atoms. The summed E-state index contributed by atoms with van der Waals surface area (Å²) >= 11 is 5.01. The lowest BCUT2D eigenvalue weighted by Crippen LogP contribution is -2.29. The summed E-state index contributed by atoms with van der Waals surface area (Å²) in [7, 11) is 1.65. The van der Waals surface area contributed by atoms with Crippen molar-refractivity contribution in [2.24, 2.45) is 5.73 Å². The minimum absolute atomic E-state index is 0.386. The van der Waals surface area contributed by atoms with Crippen molar-refractivity contribution in [2.75, 3.05) is 20.2 Å². The van der Waals surface area contributed by atoms with Crippen molar-refractivity contribution in [3.63, 3.8) is 0 Å². The SMILES string of the molecule is COc1cc(CN2CCCCC2)ccc1C(N)=S. The van der Waals surface area contributed by atoms with Gasteiger partial charge in [-0.15, -0.1) is 0 Å². The average molecular weight is 264 g/mol. The Balaban J connectivity index is 2.11. The fourth-order valence-electron chi connectivity index (χ4n) is 2.41. The molecular formula is C14H20N2OS. The Labute approximate surface area is 114 Å². The van der Waals surface area contributed by atoms with E-state index in [2.05, 4.69) is 11.0 Å². The van der Waals surface area contributed by atoms with Gasteiger partial charge in [0, 0.05) is 6.54 Å². The molecule has 0 saturated carbocycles. The van der Waals surface area contributed by atoms with Gasteiger partial charge >= 0.3 is 0 Å². The van der Waals surface area contributed by atoms with Crippen LogP contribution in [-0.2, 0) is 6.54 Å². The number of hydrogen-bond acceptors (Lipinski definition) is 3. The average Bonchev–Trinajstić information content (AvgIpc) is 2.39. The van der Waals surface area contributed by atoms with Crippen LogP contribution in [0.3, 0.4) is 0 Å². The summed E-state index contributed by atoms with van der Waals surface area (Å²) in [6.07, 6.45) is 3.98. The van der Waals surface area contributed by atoms with Gasteiger partial charge in [0.15, 0.2) is 0 Å². The summed E-state index contributed by atoms with van der Waals surface area (Å²) in [6.45, 7) is 3.37. The highest BCUT2D eigenvalue weighted by Gasteiger charge is 2.12. The standard InChI is InChI=1S/C14H20N2OS/c1-17-13-9-11(5-6-12(13)14(15)18)10-16-7-3-2-4-8-16/h5-6,9H,2-4,7-8,10H2,1H3,(H2,15,18). The van der Waals surface area contributed by atoms with Crippen LogP contribution < -0.4 is 10.5 Å². The van der Waals surface area contributed by atoms with Crippen LogP contribution in [0.25, 0.3) is 0 Å². The molecule has 2 N–H and O–H groups in total. The zero-order valence-electron chi connectivity index (χ0n) is 10.8. The quantitative estimate of drug-likeness (QED) is 0.847. The Morgan fingerprint density at radius 1 is 1.33 bits per heavy atom. The molecule has 98 valence electrons. The molecule has 0 aliphatic carbocycles. The number of methoxy groups -OCH3 is 1. The van der Waals surface area contributed by atoms with E-state index in [9.17, 15) is 0 Å². The topological polar surface area (TPSA) is 38.5 Å². The third-order valence-corrected chi connectivity index (χ3v) is 3.61. The molecule has 2 rings (SSSR count). The van der Waals surface area contributed by atoms with Gasteiger partial charge in [-0.2, -0.15) is 0 Å². The van der Waals surface area contributed by atoms with Crippen LogP contribution in [0.2, 0.25) is 0 Å². The Morgan fingerprint density at radius 2 is 2.06 bits per heavy atom. The third-order valence-electron chi connectivity index (χ3n) is 3.39. The molecule has 0 atom stereocenters. The molecule has 0 unspecified atom stereocenters. The van der Waals surface area contributed by atoms with Gasteiger partial charge < -0.3 is 10.5 Å². The van der Waals surface area contributed by atoms with Crippen LogP contribution in [0, 0.1) is 0 Å². The molecule has 4 heteroatoms. The van der Waals surface area contributed by atoms with Crippen molar-refractivity contribution in [3.05, 3.63) is 29.3 Å². The molecule has 0 amide bonds. The second-order valence-corrected chi connectivity index (χ2v) is 5.18. The lowest BCUT2D eigenvalue weighted by Gasteiger charge is -2.26. The van der Waals surface area contributed by atoms with E-state index in [1.807, 2.05) is 12.1 Å². The van der Waals surface area contributed by atoms with Gasteiger partial charge in [0.1, 0.15) is 10.7 Å². The van der Waals surface area contributed by atoms with Crippen LogP contribution >= 0.6 is 12.2 Å². The largest absolute Gasteiger partial charge is 0.496 e. The minimum atomic E-state index is 0.386. The summed E-state index contributed by atoms with van der Waals surface area (Å²) in [6, 6.07) is 6.09. The molecule has 0 spiro atoms. The Hall–Kier alpha value is -1.13. The molecule has 1 saturated heterocycles. The van der Waals surface area contributed by atoms with Gasteiger partial charge in [-0.05, 0) is 43.6 Å². The maximum atomic E-state index is 5.67. The second kappa shape index (κ2) is 6.16. The van der Waals surface area contributed by atoms with Gasteiger partial charge in [0.2, 0.25) is 0 Å². The molecule has 0 radical (unpaired) electrons. The van der Waals surface area contributed by atoms with E-state index >= 15 is 0 Å². The zero-order valence-corrected chi connectivity index (χ0v) is 11.6. The van der Waals surface area contributed by atoms with E-state index < -0.39 is 0 Å². The highest BCUT2D eigenvalue weighted by Crippen LogP contribution is 2.22. The smallest absolute Gasteiger partial charge is 0.129 e. The zero-order chi connectivity index (χ0) is 13.0. The maximum absolute atomic E-state index is 5.67. The van der Waals surface area contributed by atoms with Gasteiger partial charge in [0.25, 0.3) is 0 Å². The van der Waals surface area contributed by atoms with Gasteiger partial charge in [-0.3, -0.25) is 4.90 Å². The first-order chi connectivity index (χ1) is 8.70. The van der Waals surface area contributed by atoms with Crippen molar-refractivity contribution in [3.8, 4) is 5.75 Å². The van der Waals surface area contributed by atoms with Crippen LogP contribution in [0.5, 0.6) is 5.75 Å². The van der Waals surface area contributed by atoms with Gasteiger partial charge in [0.05, 0.1) is 12.7 Å². The summed E-state index contributed by atoms with van der Waals surface area (Å²) in [4.78, 5) is 2.87. The Kier molecular flexibility index (Phi) is 4.55. The number of hydrogen-bond donors (Lipinski definition) is 1. The normalized spacial score (nSPS) is 16.5. The lowest BCUT2D eigenvalue weighted by atomic mass is 10.1. The van der Waals surface area contributed by atoms with E-state index in [0.29, 0.717) is 4.99 Å². The monoisotopic (exact) mass is 264 g/mol. The van der Waals surface area contributed by atoms with E-state index in [1.54, 1.807) is 7.11 Å². The molecule has 1 fully saturated rings. The molecule has 3 nitrogen and oxygen atoms in total. The number of piperidine rings is 1. The van der Waals surface area contributed by atoms with Crippen molar-refractivity contribution in [1.82, 2.24) is 4.90 Å². The molecule has 1 aliphatic heterocycles. The van der Waals surface area contributed by atoms with E-state index in [0.717, 1.165) is 17.9 Å². The first kappa shape index (κ1) is 13.3. The highest BCUT2D eigenvalue weighted by atomic mass is 32.1. The molecular weight excluding hydrogens is 244 g/mol. The lowest BCUT2D eigenvalue weighted by molar-refractivity contribution is 0.220. The van der Waals surface area contributed by atoms with Crippen LogP contribution in [-0.4, -0.2) is 30.1 Å². The number of benzene rings is 1. The number of nitrogens with two attached hydrogens (primary N) is 1. The summed E-state index contributed by atoms with van der Waals surface area (Å²) in [5.41, 5.74) is 7.74. The minimum Gasteiger partial charge on any atom is -0.496 e. The number of nitrogens with zero attached hydrogens (tertiary/aromatic N) is 1.